The first-order valence-electron chi connectivity index (χ1n) is 10.6. The molecular formula is C25H26N2O3S. The SMILES string of the molecule is O=C(NC1CCCC1)c1cccc(-c2ccc(S(=O)(=O)NCc3ccccc3)cc2)c1. The van der Waals surface area contributed by atoms with Crippen molar-refractivity contribution in [2.45, 2.75) is 43.2 Å². The molecule has 3 aromatic rings. The molecule has 0 unspecified atom stereocenters. The Kier molecular flexibility index (Phi) is 6.49. The highest BCUT2D eigenvalue weighted by molar-refractivity contribution is 7.89. The van der Waals surface area contributed by atoms with E-state index in [4.69, 9.17) is 0 Å². The van der Waals surface area contributed by atoms with E-state index in [9.17, 15) is 13.2 Å². The summed E-state index contributed by atoms with van der Waals surface area (Å²) in [5.74, 6) is -0.0574. The van der Waals surface area contributed by atoms with Crippen molar-refractivity contribution in [3.63, 3.8) is 0 Å². The van der Waals surface area contributed by atoms with Crippen molar-refractivity contribution in [3.05, 3.63) is 90.0 Å². The van der Waals surface area contributed by atoms with Crippen LogP contribution in [0.15, 0.2) is 83.8 Å². The lowest BCUT2D eigenvalue weighted by Crippen LogP contribution is -2.32. The standard InChI is InChI=1S/C25H26N2O3S/c28-25(27-23-11-4-5-12-23)22-10-6-9-21(17-22)20-13-15-24(16-14-20)31(29,30)26-18-19-7-2-1-3-8-19/h1-3,6-10,13-17,23,26H,4-5,11-12,18H2,(H,27,28). The van der Waals surface area contributed by atoms with E-state index in [0.29, 0.717) is 5.56 Å². The van der Waals surface area contributed by atoms with Crippen LogP contribution in [0.2, 0.25) is 0 Å². The van der Waals surface area contributed by atoms with Gasteiger partial charge in [-0.15, -0.1) is 0 Å². The van der Waals surface area contributed by atoms with Gasteiger partial charge < -0.3 is 5.32 Å². The van der Waals surface area contributed by atoms with Crippen LogP contribution < -0.4 is 10.0 Å². The van der Waals surface area contributed by atoms with Crippen LogP contribution in [0.25, 0.3) is 11.1 Å². The molecule has 160 valence electrons. The molecule has 4 rings (SSSR count). The van der Waals surface area contributed by atoms with Crippen LogP contribution in [-0.2, 0) is 16.6 Å². The Morgan fingerprint density at radius 3 is 2.26 bits per heavy atom. The van der Waals surface area contributed by atoms with Crippen molar-refractivity contribution in [2.75, 3.05) is 0 Å². The fourth-order valence-electron chi connectivity index (χ4n) is 3.86. The topological polar surface area (TPSA) is 75.3 Å². The average Bonchev–Trinajstić information content (AvgIpc) is 3.32. The van der Waals surface area contributed by atoms with Crippen molar-refractivity contribution in [1.29, 1.82) is 0 Å². The van der Waals surface area contributed by atoms with Gasteiger partial charge in [0.25, 0.3) is 5.91 Å². The fraction of sp³-hybridized carbons (Fsp3) is 0.240. The van der Waals surface area contributed by atoms with E-state index in [-0.39, 0.29) is 23.4 Å². The third-order valence-electron chi connectivity index (χ3n) is 5.62. The second-order valence-electron chi connectivity index (χ2n) is 7.87. The predicted octanol–water partition coefficient (Wildman–Crippen LogP) is 4.50. The molecule has 0 aromatic heterocycles. The van der Waals surface area contributed by atoms with Gasteiger partial charge in [0, 0.05) is 18.2 Å². The number of benzene rings is 3. The molecule has 31 heavy (non-hydrogen) atoms. The third-order valence-corrected chi connectivity index (χ3v) is 7.04. The number of carbonyl (C=O) groups is 1. The van der Waals surface area contributed by atoms with Crippen molar-refractivity contribution in [1.82, 2.24) is 10.0 Å². The van der Waals surface area contributed by atoms with Gasteiger partial charge in [0.2, 0.25) is 10.0 Å². The van der Waals surface area contributed by atoms with Gasteiger partial charge in [0.05, 0.1) is 4.90 Å². The quantitative estimate of drug-likeness (QED) is 0.575. The maximum Gasteiger partial charge on any atom is 0.251 e. The smallest absolute Gasteiger partial charge is 0.251 e. The highest BCUT2D eigenvalue weighted by atomic mass is 32.2. The number of sulfonamides is 1. The summed E-state index contributed by atoms with van der Waals surface area (Å²) in [5.41, 5.74) is 3.25. The number of hydrogen-bond donors (Lipinski definition) is 2. The van der Waals surface area contributed by atoms with Crippen molar-refractivity contribution in [2.24, 2.45) is 0 Å². The Balaban J connectivity index is 1.45. The second-order valence-corrected chi connectivity index (χ2v) is 9.64. The first-order chi connectivity index (χ1) is 15.0. The zero-order valence-corrected chi connectivity index (χ0v) is 18.1. The summed E-state index contributed by atoms with van der Waals surface area (Å²) in [6, 6.07) is 23.8. The summed E-state index contributed by atoms with van der Waals surface area (Å²) in [5, 5.41) is 3.10. The molecule has 5 nitrogen and oxygen atoms in total. The fourth-order valence-corrected chi connectivity index (χ4v) is 4.88. The number of amides is 1. The van der Waals surface area contributed by atoms with Gasteiger partial charge in [0.15, 0.2) is 0 Å². The lowest BCUT2D eigenvalue weighted by atomic mass is 10.0. The summed E-state index contributed by atoms with van der Waals surface area (Å²) in [4.78, 5) is 12.8. The Bertz CT molecular complexity index is 1140. The molecule has 0 bridgehead atoms. The molecular weight excluding hydrogens is 408 g/mol. The number of hydrogen-bond acceptors (Lipinski definition) is 3. The van der Waals surface area contributed by atoms with Gasteiger partial charge in [0.1, 0.15) is 0 Å². The van der Waals surface area contributed by atoms with Crippen LogP contribution in [-0.4, -0.2) is 20.4 Å². The first kappa shape index (κ1) is 21.3. The largest absolute Gasteiger partial charge is 0.349 e. The molecule has 1 aliphatic carbocycles. The van der Waals surface area contributed by atoms with Crippen LogP contribution in [0.5, 0.6) is 0 Å². The Labute approximate surface area is 183 Å². The van der Waals surface area contributed by atoms with Gasteiger partial charge in [-0.25, -0.2) is 13.1 Å². The lowest BCUT2D eigenvalue weighted by Gasteiger charge is -2.13. The monoisotopic (exact) mass is 434 g/mol. The molecule has 6 heteroatoms. The minimum Gasteiger partial charge on any atom is -0.349 e. The molecule has 1 saturated carbocycles. The minimum atomic E-state index is -3.61. The zero-order valence-electron chi connectivity index (χ0n) is 17.3. The normalized spacial score (nSPS) is 14.5. The van der Waals surface area contributed by atoms with Crippen LogP contribution in [0.4, 0.5) is 0 Å². The molecule has 2 N–H and O–H groups in total. The average molecular weight is 435 g/mol. The van der Waals surface area contributed by atoms with E-state index in [0.717, 1.165) is 29.5 Å². The van der Waals surface area contributed by atoms with E-state index in [1.165, 1.54) is 12.8 Å². The highest BCUT2D eigenvalue weighted by Crippen LogP contribution is 2.23. The molecule has 3 aromatic carbocycles. The predicted molar refractivity (Wildman–Crippen MR) is 122 cm³/mol. The third kappa shape index (κ3) is 5.40. The number of carbonyl (C=O) groups excluding carboxylic acids is 1. The van der Waals surface area contributed by atoms with Crippen LogP contribution in [0, 0.1) is 0 Å². The van der Waals surface area contributed by atoms with E-state index >= 15 is 0 Å². The minimum absolute atomic E-state index is 0.0574. The number of rotatable bonds is 7. The van der Waals surface area contributed by atoms with Crippen LogP contribution in [0.3, 0.4) is 0 Å². The Morgan fingerprint density at radius 2 is 1.55 bits per heavy atom. The van der Waals surface area contributed by atoms with Gasteiger partial charge in [-0.05, 0) is 53.8 Å². The molecule has 1 fully saturated rings. The maximum absolute atomic E-state index is 12.6. The Morgan fingerprint density at radius 1 is 0.839 bits per heavy atom. The van der Waals surface area contributed by atoms with Crippen molar-refractivity contribution < 1.29 is 13.2 Å². The molecule has 0 saturated heterocycles. The van der Waals surface area contributed by atoms with Gasteiger partial charge in [-0.2, -0.15) is 0 Å². The molecule has 0 radical (unpaired) electrons. The second kappa shape index (κ2) is 9.45. The van der Waals surface area contributed by atoms with E-state index in [2.05, 4.69) is 10.0 Å². The summed E-state index contributed by atoms with van der Waals surface area (Å²) < 4.78 is 27.8. The van der Waals surface area contributed by atoms with Crippen molar-refractivity contribution in [3.8, 4) is 11.1 Å². The van der Waals surface area contributed by atoms with Gasteiger partial charge in [-0.1, -0.05) is 67.4 Å². The summed E-state index contributed by atoms with van der Waals surface area (Å²) >= 11 is 0. The van der Waals surface area contributed by atoms with Crippen molar-refractivity contribution >= 4 is 15.9 Å². The maximum atomic E-state index is 12.6. The van der Waals surface area contributed by atoms with Gasteiger partial charge >= 0.3 is 0 Å². The molecule has 0 spiro atoms. The molecule has 1 aliphatic rings. The lowest BCUT2D eigenvalue weighted by molar-refractivity contribution is 0.0938. The van der Waals surface area contributed by atoms with E-state index in [1.54, 1.807) is 30.3 Å². The molecule has 1 amide bonds. The Hall–Kier alpha value is -2.96. The van der Waals surface area contributed by atoms with Crippen LogP contribution in [0.1, 0.15) is 41.6 Å². The summed E-state index contributed by atoms with van der Waals surface area (Å²) in [6.07, 6.45) is 4.42. The molecule has 0 aliphatic heterocycles. The molecule has 0 atom stereocenters. The number of nitrogens with one attached hydrogen (secondary N) is 2. The van der Waals surface area contributed by atoms with Gasteiger partial charge in [-0.3, -0.25) is 4.79 Å². The first-order valence-corrected chi connectivity index (χ1v) is 12.0. The zero-order chi connectivity index (χ0) is 21.7. The van der Waals surface area contributed by atoms with E-state index in [1.807, 2.05) is 48.5 Å². The van der Waals surface area contributed by atoms with E-state index < -0.39 is 10.0 Å². The highest BCUT2D eigenvalue weighted by Gasteiger charge is 2.18. The summed E-state index contributed by atoms with van der Waals surface area (Å²) in [7, 11) is -3.61. The summed E-state index contributed by atoms with van der Waals surface area (Å²) in [6.45, 7) is 0.239. The van der Waals surface area contributed by atoms with Crippen LogP contribution >= 0.6 is 0 Å². The molecule has 0 heterocycles.